The van der Waals surface area contributed by atoms with Crippen LogP contribution < -0.4 is 16.6 Å². The Labute approximate surface area is 129 Å². The molecule has 2 amide bonds. The average molecular weight is 297 g/mol. The molecule has 0 unspecified atom stereocenters. The van der Waals surface area contributed by atoms with E-state index in [1.165, 1.54) is 0 Å². The second-order valence-corrected chi connectivity index (χ2v) is 5.16. The standard InChI is InChI=1S/C17H19N3O2/c1-11-8-9-14(12(2)10-11)17(22)20-19-15(16(18)21)13-6-4-3-5-7-13/h3-10,15,19H,1-2H3,(H2,18,21)(H,20,22)/t15-/m1/s1. The first kappa shape index (κ1) is 15.7. The number of rotatable bonds is 5. The van der Waals surface area contributed by atoms with Crippen LogP contribution in [-0.4, -0.2) is 11.8 Å². The molecular formula is C17H19N3O2. The molecule has 5 nitrogen and oxygen atoms in total. The lowest BCUT2D eigenvalue weighted by molar-refractivity contribution is -0.120. The summed E-state index contributed by atoms with van der Waals surface area (Å²) in [6.45, 7) is 3.83. The molecule has 0 fully saturated rings. The van der Waals surface area contributed by atoms with E-state index in [-0.39, 0.29) is 5.91 Å². The molecule has 22 heavy (non-hydrogen) atoms. The highest BCUT2D eigenvalue weighted by atomic mass is 16.2. The fraction of sp³-hybridized carbons (Fsp3) is 0.176. The van der Waals surface area contributed by atoms with Crippen molar-refractivity contribution in [1.29, 1.82) is 0 Å². The van der Waals surface area contributed by atoms with E-state index in [2.05, 4.69) is 10.9 Å². The molecule has 0 saturated carbocycles. The molecule has 0 aromatic heterocycles. The largest absolute Gasteiger partial charge is 0.368 e. The molecule has 0 aliphatic carbocycles. The van der Waals surface area contributed by atoms with Gasteiger partial charge in [-0.15, -0.1) is 0 Å². The fourth-order valence-corrected chi connectivity index (χ4v) is 2.24. The van der Waals surface area contributed by atoms with Crippen LogP contribution in [-0.2, 0) is 4.79 Å². The van der Waals surface area contributed by atoms with E-state index in [1.54, 1.807) is 30.3 Å². The van der Waals surface area contributed by atoms with Crippen molar-refractivity contribution >= 4 is 11.8 Å². The third-order valence-corrected chi connectivity index (χ3v) is 3.37. The van der Waals surface area contributed by atoms with Gasteiger partial charge in [-0.3, -0.25) is 15.0 Å². The summed E-state index contributed by atoms with van der Waals surface area (Å²) in [5.41, 5.74) is 13.8. The van der Waals surface area contributed by atoms with Crippen molar-refractivity contribution in [1.82, 2.24) is 10.9 Å². The van der Waals surface area contributed by atoms with E-state index in [9.17, 15) is 9.59 Å². The van der Waals surface area contributed by atoms with Gasteiger partial charge in [0.05, 0.1) is 0 Å². The van der Waals surface area contributed by atoms with Crippen LogP contribution in [0.5, 0.6) is 0 Å². The first-order valence-electron chi connectivity index (χ1n) is 6.96. The van der Waals surface area contributed by atoms with Gasteiger partial charge in [0.15, 0.2) is 0 Å². The number of carbonyl (C=O) groups excluding carboxylic acids is 2. The highest BCUT2D eigenvalue weighted by molar-refractivity contribution is 5.95. The summed E-state index contributed by atoms with van der Waals surface area (Å²) in [6.07, 6.45) is 0. The molecule has 0 spiro atoms. The molecular weight excluding hydrogens is 278 g/mol. The molecule has 0 saturated heterocycles. The molecule has 4 N–H and O–H groups in total. The Morgan fingerprint density at radius 2 is 1.73 bits per heavy atom. The molecule has 0 radical (unpaired) electrons. The van der Waals surface area contributed by atoms with Gasteiger partial charge < -0.3 is 5.73 Å². The molecule has 1 atom stereocenters. The Morgan fingerprint density at radius 1 is 1.05 bits per heavy atom. The average Bonchev–Trinajstić information content (AvgIpc) is 2.48. The van der Waals surface area contributed by atoms with Crippen molar-refractivity contribution in [2.75, 3.05) is 0 Å². The minimum atomic E-state index is -0.782. The summed E-state index contributed by atoms with van der Waals surface area (Å²) in [7, 11) is 0. The van der Waals surface area contributed by atoms with E-state index >= 15 is 0 Å². The predicted octanol–water partition coefficient (Wildman–Crippen LogP) is 1.76. The molecule has 2 aromatic carbocycles. The van der Waals surface area contributed by atoms with Gasteiger partial charge in [0.2, 0.25) is 5.91 Å². The zero-order valence-electron chi connectivity index (χ0n) is 12.6. The van der Waals surface area contributed by atoms with E-state index in [0.717, 1.165) is 11.1 Å². The normalized spacial score (nSPS) is 11.7. The van der Waals surface area contributed by atoms with Gasteiger partial charge in [0, 0.05) is 5.56 Å². The number of amides is 2. The first-order chi connectivity index (χ1) is 10.5. The van der Waals surface area contributed by atoms with Crippen LogP contribution in [0.25, 0.3) is 0 Å². The van der Waals surface area contributed by atoms with Crippen LogP contribution in [0.15, 0.2) is 48.5 Å². The molecule has 0 heterocycles. The maximum absolute atomic E-state index is 12.2. The van der Waals surface area contributed by atoms with Crippen molar-refractivity contribution in [3.63, 3.8) is 0 Å². The van der Waals surface area contributed by atoms with Gasteiger partial charge in [0.25, 0.3) is 5.91 Å². The number of carbonyl (C=O) groups is 2. The highest BCUT2D eigenvalue weighted by Crippen LogP contribution is 2.12. The van der Waals surface area contributed by atoms with Crippen molar-refractivity contribution in [3.8, 4) is 0 Å². The quantitative estimate of drug-likeness (QED) is 0.735. The van der Waals surface area contributed by atoms with E-state index in [0.29, 0.717) is 11.1 Å². The van der Waals surface area contributed by atoms with Crippen LogP contribution >= 0.6 is 0 Å². The maximum atomic E-state index is 12.2. The van der Waals surface area contributed by atoms with Gasteiger partial charge in [-0.1, -0.05) is 48.0 Å². The highest BCUT2D eigenvalue weighted by Gasteiger charge is 2.18. The number of hydrogen-bond donors (Lipinski definition) is 3. The summed E-state index contributed by atoms with van der Waals surface area (Å²) in [5.74, 6) is -0.869. The Morgan fingerprint density at radius 3 is 2.32 bits per heavy atom. The molecule has 114 valence electrons. The minimum Gasteiger partial charge on any atom is -0.368 e. The number of nitrogens with two attached hydrogens (primary N) is 1. The Bertz CT molecular complexity index is 684. The Hall–Kier alpha value is -2.66. The maximum Gasteiger partial charge on any atom is 0.265 e. The summed E-state index contributed by atoms with van der Waals surface area (Å²) < 4.78 is 0. The number of hydrogen-bond acceptors (Lipinski definition) is 3. The number of hydrazine groups is 1. The van der Waals surface area contributed by atoms with Crippen LogP contribution in [0.2, 0.25) is 0 Å². The zero-order valence-corrected chi connectivity index (χ0v) is 12.6. The molecule has 2 rings (SSSR count). The summed E-state index contributed by atoms with van der Waals surface area (Å²) in [6, 6.07) is 13.8. The smallest absolute Gasteiger partial charge is 0.265 e. The fourth-order valence-electron chi connectivity index (χ4n) is 2.24. The minimum absolute atomic E-state index is 0.306. The number of nitrogens with one attached hydrogen (secondary N) is 2. The number of aryl methyl sites for hydroxylation is 2. The number of benzene rings is 2. The zero-order chi connectivity index (χ0) is 16.1. The lowest BCUT2D eigenvalue weighted by Gasteiger charge is -2.17. The molecule has 0 bridgehead atoms. The van der Waals surface area contributed by atoms with Gasteiger partial charge in [-0.2, -0.15) is 0 Å². The van der Waals surface area contributed by atoms with Gasteiger partial charge >= 0.3 is 0 Å². The van der Waals surface area contributed by atoms with E-state index in [4.69, 9.17) is 5.73 Å². The second-order valence-electron chi connectivity index (χ2n) is 5.16. The van der Waals surface area contributed by atoms with Gasteiger partial charge in [0.1, 0.15) is 6.04 Å². The molecule has 2 aromatic rings. The molecule has 0 aliphatic rings. The third kappa shape index (κ3) is 3.71. The third-order valence-electron chi connectivity index (χ3n) is 3.37. The monoisotopic (exact) mass is 297 g/mol. The number of primary amides is 1. The van der Waals surface area contributed by atoms with Gasteiger partial charge in [-0.05, 0) is 31.0 Å². The first-order valence-corrected chi connectivity index (χ1v) is 6.96. The Balaban J connectivity index is 2.10. The van der Waals surface area contributed by atoms with Gasteiger partial charge in [-0.25, -0.2) is 5.43 Å². The van der Waals surface area contributed by atoms with E-state index in [1.807, 2.05) is 32.0 Å². The van der Waals surface area contributed by atoms with Crippen molar-refractivity contribution < 1.29 is 9.59 Å². The topological polar surface area (TPSA) is 84.2 Å². The van der Waals surface area contributed by atoms with E-state index < -0.39 is 11.9 Å². The lowest BCUT2D eigenvalue weighted by Crippen LogP contribution is -2.45. The second kappa shape index (κ2) is 6.87. The van der Waals surface area contributed by atoms with Crippen molar-refractivity contribution in [3.05, 3.63) is 70.8 Å². The predicted molar refractivity (Wildman–Crippen MR) is 84.9 cm³/mol. The summed E-state index contributed by atoms with van der Waals surface area (Å²) in [5, 5.41) is 0. The summed E-state index contributed by atoms with van der Waals surface area (Å²) >= 11 is 0. The van der Waals surface area contributed by atoms with Crippen LogP contribution in [0.4, 0.5) is 0 Å². The Kier molecular flexibility index (Phi) is 4.91. The lowest BCUT2D eigenvalue weighted by atomic mass is 10.1. The van der Waals surface area contributed by atoms with Crippen LogP contribution in [0, 0.1) is 13.8 Å². The van der Waals surface area contributed by atoms with Crippen LogP contribution in [0.1, 0.15) is 33.1 Å². The molecule has 5 heteroatoms. The van der Waals surface area contributed by atoms with Crippen LogP contribution in [0.3, 0.4) is 0 Å². The SMILES string of the molecule is Cc1ccc(C(=O)NN[C@@H](C(N)=O)c2ccccc2)c(C)c1. The van der Waals surface area contributed by atoms with Crippen molar-refractivity contribution in [2.24, 2.45) is 5.73 Å². The summed E-state index contributed by atoms with van der Waals surface area (Å²) in [4.78, 5) is 23.8. The molecule has 0 aliphatic heterocycles. The van der Waals surface area contributed by atoms with Crippen molar-refractivity contribution in [2.45, 2.75) is 19.9 Å².